The molecule has 2 aromatic rings. The number of hydrogen-bond donors (Lipinski definition) is 0. The summed E-state index contributed by atoms with van der Waals surface area (Å²) >= 11 is 0. The fourth-order valence-electron chi connectivity index (χ4n) is 2.02. The molecule has 22 heavy (non-hydrogen) atoms. The molecule has 0 radical (unpaired) electrons. The van der Waals surface area contributed by atoms with E-state index >= 15 is 0 Å². The van der Waals surface area contributed by atoms with E-state index in [9.17, 15) is 0 Å². The molecule has 0 bridgehead atoms. The Balaban J connectivity index is 2.84. The molecule has 0 amide bonds. The maximum Gasteiger partial charge on any atom is 0.228 e. The van der Waals surface area contributed by atoms with Crippen molar-refractivity contribution in [3.63, 3.8) is 0 Å². The molecule has 0 aliphatic carbocycles. The molecule has 0 saturated heterocycles. The standard InChI is InChI=1S/C14H24N8/c1-19(2)11-9-10(17-14(18-11)22(7)8)16-13(21(5)6)12(15-9)20(3)4/h1-8H3. The smallest absolute Gasteiger partial charge is 0.228 e. The quantitative estimate of drug-likeness (QED) is 0.817. The van der Waals surface area contributed by atoms with E-state index in [2.05, 4.69) is 9.97 Å². The zero-order valence-electron chi connectivity index (χ0n) is 14.6. The molecule has 2 rings (SSSR count). The summed E-state index contributed by atoms with van der Waals surface area (Å²) in [4.78, 5) is 26.2. The van der Waals surface area contributed by atoms with Gasteiger partial charge >= 0.3 is 0 Å². The molecule has 8 nitrogen and oxygen atoms in total. The molecule has 2 heterocycles. The number of nitrogens with zero attached hydrogens (tertiary/aromatic N) is 8. The fraction of sp³-hybridized carbons (Fsp3) is 0.571. The Morgan fingerprint density at radius 1 is 0.500 bits per heavy atom. The first-order chi connectivity index (χ1) is 10.2. The fourth-order valence-corrected chi connectivity index (χ4v) is 2.02. The topological polar surface area (TPSA) is 64.5 Å². The predicted molar refractivity (Wildman–Crippen MR) is 92.4 cm³/mol. The van der Waals surface area contributed by atoms with E-state index < -0.39 is 0 Å². The molecule has 8 heteroatoms. The Labute approximate surface area is 131 Å². The van der Waals surface area contributed by atoms with E-state index in [0.29, 0.717) is 17.1 Å². The summed E-state index contributed by atoms with van der Waals surface area (Å²) < 4.78 is 0. The molecule has 0 unspecified atom stereocenters. The van der Waals surface area contributed by atoms with Gasteiger partial charge in [-0.05, 0) is 0 Å². The lowest BCUT2D eigenvalue weighted by Crippen LogP contribution is -2.22. The average Bonchev–Trinajstić information content (AvgIpc) is 2.43. The van der Waals surface area contributed by atoms with Gasteiger partial charge in [0, 0.05) is 56.4 Å². The van der Waals surface area contributed by atoms with Crippen molar-refractivity contribution in [2.75, 3.05) is 76.0 Å². The lowest BCUT2D eigenvalue weighted by Gasteiger charge is -2.22. The Bertz CT molecular complexity index is 678. The minimum Gasteiger partial charge on any atom is -0.361 e. The minimum atomic E-state index is 0.594. The lowest BCUT2D eigenvalue weighted by atomic mass is 10.4. The lowest BCUT2D eigenvalue weighted by molar-refractivity contribution is 0.957. The highest BCUT2D eigenvalue weighted by Gasteiger charge is 2.19. The van der Waals surface area contributed by atoms with Crippen molar-refractivity contribution < 1.29 is 0 Å². The van der Waals surface area contributed by atoms with Crippen LogP contribution in [-0.2, 0) is 0 Å². The number of aromatic nitrogens is 4. The van der Waals surface area contributed by atoms with Gasteiger partial charge in [-0.15, -0.1) is 0 Å². The van der Waals surface area contributed by atoms with Crippen molar-refractivity contribution in [1.82, 2.24) is 19.9 Å². The zero-order valence-corrected chi connectivity index (χ0v) is 14.6. The number of hydrogen-bond acceptors (Lipinski definition) is 8. The van der Waals surface area contributed by atoms with Crippen LogP contribution < -0.4 is 19.6 Å². The summed E-state index contributed by atoms with van der Waals surface area (Å²) in [5.41, 5.74) is 1.29. The van der Waals surface area contributed by atoms with E-state index in [-0.39, 0.29) is 0 Å². The first-order valence-electron chi connectivity index (χ1n) is 7.01. The Kier molecular flexibility index (Phi) is 4.20. The molecule has 0 N–H and O–H groups in total. The van der Waals surface area contributed by atoms with Gasteiger partial charge in [0.2, 0.25) is 5.95 Å². The highest BCUT2D eigenvalue weighted by molar-refractivity contribution is 5.87. The molecule has 0 aromatic carbocycles. The van der Waals surface area contributed by atoms with Gasteiger partial charge in [0.05, 0.1) is 0 Å². The van der Waals surface area contributed by atoms with Crippen LogP contribution in [0.25, 0.3) is 11.2 Å². The predicted octanol–water partition coefficient (Wildman–Crippen LogP) is 0.684. The third-order valence-electron chi connectivity index (χ3n) is 3.14. The van der Waals surface area contributed by atoms with Crippen LogP contribution >= 0.6 is 0 Å². The largest absolute Gasteiger partial charge is 0.361 e. The number of rotatable bonds is 4. The van der Waals surface area contributed by atoms with Crippen molar-refractivity contribution in [2.45, 2.75) is 0 Å². The minimum absolute atomic E-state index is 0.594. The Morgan fingerprint density at radius 3 is 1.45 bits per heavy atom. The monoisotopic (exact) mass is 304 g/mol. The Morgan fingerprint density at radius 2 is 1.00 bits per heavy atom. The van der Waals surface area contributed by atoms with Crippen LogP contribution in [0.1, 0.15) is 0 Å². The summed E-state index contributed by atoms with van der Waals surface area (Å²) in [6.07, 6.45) is 0. The summed E-state index contributed by atoms with van der Waals surface area (Å²) in [5, 5.41) is 0. The van der Waals surface area contributed by atoms with E-state index in [4.69, 9.17) is 9.97 Å². The summed E-state index contributed by atoms with van der Waals surface area (Å²) in [7, 11) is 15.5. The van der Waals surface area contributed by atoms with Crippen molar-refractivity contribution in [2.24, 2.45) is 0 Å². The van der Waals surface area contributed by atoms with Crippen LogP contribution in [0.2, 0.25) is 0 Å². The zero-order chi connectivity index (χ0) is 16.6. The van der Waals surface area contributed by atoms with Gasteiger partial charge in [-0.2, -0.15) is 9.97 Å². The van der Waals surface area contributed by atoms with Crippen molar-refractivity contribution in [3.05, 3.63) is 0 Å². The second-order valence-electron chi connectivity index (χ2n) is 5.97. The highest BCUT2D eigenvalue weighted by Crippen LogP contribution is 2.29. The van der Waals surface area contributed by atoms with Gasteiger partial charge in [0.15, 0.2) is 28.6 Å². The van der Waals surface area contributed by atoms with Crippen molar-refractivity contribution in [1.29, 1.82) is 0 Å². The third kappa shape index (κ3) is 2.81. The maximum atomic E-state index is 4.75. The molecule has 2 aromatic heterocycles. The number of fused-ring (bicyclic) bond motifs is 1. The second-order valence-corrected chi connectivity index (χ2v) is 5.97. The highest BCUT2D eigenvalue weighted by atomic mass is 15.3. The van der Waals surface area contributed by atoms with Crippen molar-refractivity contribution in [3.8, 4) is 0 Å². The van der Waals surface area contributed by atoms with Crippen LogP contribution in [0.3, 0.4) is 0 Å². The molecule has 0 spiro atoms. The molecule has 120 valence electrons. The first-order valence-corrected chi connectivity index (χ1v) is 7.01. The van der Waals surface area contributed by atoms with Gasteiger partial charge in [-0.25, -0.2) is 9.97 Å². The maximum absolute atomic E-state index is 4.75. The molecular weight excluding hydrogens is 280 g/mol. The molecule has 0 fully saturated rings. The first kappa shape index (κ1) is 16.0. The van der Waals surface area contributed by atoms with Gasteiger partial charge in [-0.3, -0.25) is 0 Å². The normalized spacial score (nSPS) is 10.7. The molecule has 0 saturated carbocycles. The van der Waals surface area contributed by atoms with Crippen LogP contribution in [-0.4, -0.2) is 76.3 Å². The van der Waals surface area contributed by atoms with Crippen LogP contribution in [0.5, 0.6) is 0 Å². The molecule has 0 aliphatic rings. The summed E-state index contributed by atoms with van der Waals surface area (Å²) in [6.45, 7) is 0. The van der Waals surface area contributed by atoms with Gasteiger partial charge in [0.25, 0.3) is 0 Å². The Hall–Kier alpha value is -2.38. The van der Waals surface area contributed by atoms with Crippen LogP contribution in [0, 0.1) is 0 Å². The SMILES string of the molecule is CN(C)c1nc(N(C)C)c2nc(N(C)C)c(N(C)C)nc2n1. The van der Waals surface area contributed by atoms with Crippen LogP contribution in [0.4, 0.5) is 23.4 Å². The molecule has 0 atom stereocenters. The number of anilines is 4. The third-order valence-corrected chi connectivity index (χ3v) is 3.14. The van der Waals surface area contributed by atoms with Crippen LogP contribution in [0.15, 0.2) is 0 Å². The second kappa shape index (κ2) is 5.78. The van der Waals surface area contributed by atoms with E-state index in [0.717, 1.165) is 17.5 Å². The van der Waals surface area contributed by atoms with E-state index in [1.807, 2.05) is 76.0 Å². The van der Waals surface area contributed by atoms with E-state index in [1.54, 1.807) is 0 Å². The van der Waals surface area contributed by atoms with Crippen molar-refractivity contribution >= 4 is 34.6 Å². The summed E-state index contributed by atoms with van der Waals surface area (Å²) in [5.74, 6) is 2.95. The van der Waals surface area contributed by atoms with Gasteiger partial charge < -0.3 is 19.6 Å². The van der Waals surface area contributed by atoms with E-state index in [1.165, 1.54) is 0 Å². The van der Waals surface area contributed by atoms with Gasteiger partial charge in [0.1, 0.15) is 0 Å². The summed E-state index contributed by atoms with van der Waals surface area (Å²) in [6, 6.07) is 0. The average molecular weight is 304 g/mol. The van der Waals surface area contributed by atoms with Gasteiger partial charge in [-0.1, -0.05) is 0 Å². The molecule has 0 aliphatic heterocycles. The molecular formula is C14H24N8.